The van der Waals surface area contributed by atoms with E-state index in [2.05, 4.69) is 0 Å². The van der Waals surface area contributed by atoms with Crippen LogP contribution in [0.5, 0.6) is 92.0 Å². The standard InChI is InChI=1S/C40H30O25/c41-14-1-2-20(29(51)27(14)49)61-21-8-13-24(32(54)30(21)52)23-12(7-19(46)28(50)31(23)53)39(58)63-33-22(9-60-38(13)57)62-40(59)35(65-37(56)11-5-17(44)26(48)18(45)6-11)34(33)64-36(55)10-3-15(42)25(47)16(43)4-10/h1-8,22,33-35,40-54,59H,9H2/t22-,33-,34+,35-,40-/m1/s1. The minimum Gasteiger partial charge on any atom is -0.504 e. The maximum absolute atomic E-state index is 14.3. The van der Waals surface area contributed by atoms with E-state index >= 15 is 0 Å². The first-order valence-corrected chi connectivity index (χ1v) is 18.0. The van der Waals surface area contributed by atoms with Crippen LogP contribution in [-0.4, -0.2) is 138 Å². The van der Waals surface area contributed by atoms with Crippen LogP contribution in [0.1, 0.15) is 41.4 Å². The average molecular weight is 911 g/mol. The number of phenols is 14. The minimum absolute atomic E-state index is 0.426. The first-order valence-electron chi connectivity index (χ1n) is 18.0. The fraction of sp³-hybridized carbons (Fsp3) is 0.150. The van der Waals surface area contributed by atoms with Crippen LogP contribution >= 0.6 is 0 Å². The van der Waals surface area contributed by atoms with Gasteiger partial charge in [0, 0.05) is 17.2 Å². The van der Waals surface area contributed by atoms with Crippen molar-refractivity contribution in [1.82, 2.24) is 0 Å². The molecule has 65 heavy (non-hydrogen) atoms. The molecule has 25 nitrogen and oxygen atoms in total. The molecule has 15 N–H and O–H groups in total. The van der Waals surface area contributed by atoms with Crippen molar-refractivity contribution < 1.29 is 124 Å². The maximum atomic E-state index is 14.3. The molecule has 0 aliphatic carbocycles. The SMILES string of the molecule is O=C(O[C@@H]1[C@@H](OC(=O)c2cc(O)c(O)c(O)c2)[C@H](O)O[C@@H]2COC(=O)c3cc(Oc4ccc(O)c(O)c4O)c(O)c(O)c3-c3c(cc(O)c(O)c3O)C(=O)O[C@@H]12)c1cc(O)c(O)c(O)c1. The molecule has 5 aromatic carbocycles. The quantitative estimate of drug-likeness (QED) is 0.0657. The van der Waals surface area contributed by atoms with Gasteiger partial charge < -0.3 is 105 Å². The first kappa shape index (κ1) is 44.0. The number of hydrogen-bond acceptors (Lipinski definition) is 25. The molecule has 0 radical (unpaired) electrons. The van der Waals surface area contributed by atoms with E-state index in [1.165, 1.54) is 0 Å². The van der Waals surface area contributed by atoms with Gasteiger partial charge in [-0.1, -0.05) is 0 Å². The lowest BCUT2D eigenvalue weighted by atomic mass is 9.91. The zero-order valence-corrected chi connectivity index (χ0v) is 32.0. The number of aliphatic hydroxyl groups excluding tert-OH is 1. The van der Waals surface area contributed by atoms with Crippen molar-refractivity contribution in [2.24, 2.45) is 0 Å². The van der Waals surface area contributed by atoms with Crippen molar-refractivity contribution in [2.75, 3.05) is 6.61 Å². The summed E-state index contributed by atoms with van der Waals surface area (Å²) in [6, 6.07) is 5.08. The molecule has 7 rings (SSSR count). The van der Waals surface area contributed by atoms with Crippen molar-refractivity contribution in [3.8, 4) is 103 Å². The lowest BCUT2D eigenvalue weighted by molar-refractivity contribution is -0.284. The number of aromatic hydroxyl groups is 14. The molecule has 5 aromatic rings. The summed E-state index contributed by atoms with van der Waals surface area (Å²) in [5, 5.41) is 156. The summed E-state index contributed by atoms with van der Waals surface area (Å²) < 4.78 is 32.8. The third-order valence-corrected chi connectivity index (χ3v) is 9.82. The van der Waals surface area contributed by atoms with Crippen molar-refractivity contribution in [3.63, 3.8) is 0 Å². The highest BCUT2D eigenvalue weighted by Gasteiger charge is 2.53. The predicted molar refractivity (Wildman–Crippen MR) is 203 cm³/mol. The number of ether oxygens (including phenoxy) is 6. The second kappa shape index (κ2) is 16.3. The van der Waals surface area contributed by atoms with E-state index in [9.17, 15) is 95.8 Å². The van der Waals surface area contributed by atoms with Gasteiger partial charge in [0.25, 0.3) is 0 Å². The molecule has 0 amide bonds. The van der Waals surface area contributed by atoms with Crippen molar-refractivity contribution >= 4 is 23.9 Å². The Morgan fingerprint density at radius 2 is 0.969 bits per heavy atom. The third kappa shape index (κ3) is 7.74. The number of cyclic esters (lactones) is 1. The second-order valence-electron chi connectivity index (χ2n) is 13.9. The van der Waals surface area contributed by atoms with E-state index in [-0.39, 0.29) is 0 Å². The Balaban J connectivity index is 1.37. The van der Waals surface area contributed by atoms with E-state index in [0.29, 0.717) is 36.4 Å². The molecule has 2 heterocycles. The number of fused-ring (bicyclic) bond motifs is 4. The number of carbonyl (C=O) groups is 4. The summed E-state index contributed by atoms with van der Waals surface area (Å²) in [7, 11) is 0. The van der Waals surface area contributed by atoms with Gasteiger partial charge in [-0.15, -0.1) is 0 Å². The predicted octanol–water partition coefficient (Wildman–Crippen LogP) is 1.89. The molecule has 340 valence electrons. The van der Waals surface area contributed by atoms with Crippen LogP contribution in [0, 0.1) is 0 Å². The highest BCUT2D eigenvalue weighted by atomic mass is 16.7. The van der Waals surface area contributed by atoms with Gasteiger partial charge in [-0.25, -0.2) is 19.2 Å². The molecule has 5 atom stereocenters. The summed E-state index contributed by atoms with van der Waals surface area (Å²) in [5.41, 5.74) is -5.63. The number of phenolic OH excluding ortho intramolecular Hbond substituents is 14. The Morgan fingerprint density at radius 1 is 0.508 bits per heavy atom. The summed E-state index contributed by atoms with van der Waals surface area (Å²) in [5.74, 6) is -24.3. The lowest BCUT2D eigenvalue weighted by Gasteiger charge is -2.42. The fourth-order valence-corrected chi connectivity index (χ4v) is 6.62. The van der Waals surface area contributed by atoms with Crippen LogP contribution in [0.4, 0.5) is 0 Å². The van der Waals surface area contributed by atoms with Crippen LogP contribution < -0.4 is 4.74 Å². The number of carbonyl (C=O) groups excluding carboxylic acids is 4. The fourth-order valence-electron chi connectivity index (χ4n) is 6.62. The molecule has 2 aliphatic heterocycles. The Bertz CT molecular complexity index is 2790. The van der Waals surface area contributed by atoms with Gasteiger partial charge in [0.05, 0.1) is 22.3 Å². The molecule has 25 heteroatoms. The molecule has 0 aromatic heterocycles. The van der Waals surface area contributed by atoms with Gasteiger partial charge in [-0.2, -0.15) is 0 Å². The number of rotatable bonds is 6. The molecule has 1 saturated heterocycles. The van der Waals surface area contributed by atoms with Gasteiger partial charge in [-0.3, -0.25) is 0 Å². The van der Waals surface area contributed by atoms with Crippen LogP contribution in [0.3, 0.4) is 0 Å². The zero-order valence-electron chi connectivity index (χ0n) is 32.0. The molecule has 0 bridgehead atoms. The van der Waals surface area contributed by atoms with Gasteiger partial charge in [-0.05, 0) is 42.5 Å². The number of esters is 4. The summed E-state index contributed by atoms with van der Waals surface area (Å²) >= 11 is 0. The third-order valence-electron chi connectivity index (χ3n) is 9.82. The lowest BCUT2D eigenvalue weighted by Crippen LogP contribution is -2.62. The van der Waals surface area contributed by atoms with Gasteiger partial charge in [0.15, 0.2) is 93.6 Å². The number of aliphatic hydroxyl groups is 1. The normalized spacial score (nSPS) is 19.2. The molecule has 0 unspecified atom stereocenters. The molecule has 1 fully saturated rings. The van der Waals surface area contributed by atoms with Crippen LogP contribution in [0.15, 0.2) is 48.5 Å². The van der Waals surface area contributed by atoms with E-state index in [1.807, 2.05) is 0 Å². The van der Waals surface area contributed by atoms with Crippen LogP contribution in [-0.2, 0) is 23.7 Å². The van der Waals surface area contributed by atoms with E-state index < -0.39 is 187 Å². The summed E-state index contributed by atoms with van der Waals surface area (Å²) in [6.45, 7) is -1.17. The molecule has 0 spiro atoms. The Kier molecular flexibility index (Phi) is 11.0. The van der Waals surface area contributed by atoms with Gasteiger partial charge in [0.2, 0.25) is 23.0 Å². The number of hydrogen-bond donors (Lipinski definition) is 15. The van der Waals surface area contributed by atoms with Gasteiger partial charge in [0.1, 0.15) is 12.7 Å². The van der Waals surface area contributed by atoms with Crippen LogP contribution in [0.2, 0.25) is 0 Å². The molecular formula is C40H30O25. The van der Waals surface area contributed by atoms with E-state index in [1.54, 1.807) is 0 Å². The summed E-state index contributed by atoms with van der Waals surface area (Å²) in [6.07, 6.45) is -11.6. The highest BCUT2D eigenvalue weighted by molar-refractivity contribution is 6.08. The minimum atomic E-state index is -2.48. The zero-order chi connectivity index (χ0) is 47.5. The van der Waals surface area contributed by atoms with Crippen LogP contribution in [0.25, 0.3) is 11.1 Å². The van der Waals surface area contributed by atoms with Crippen molar-refractivity contribution in [2.45, 2.75) is 30.7 Å². The Morgan fingerprint density at radius 3 is 1.52 bits per heavy atom. The summed E-state index contributed by atoms with van der Waals surface area (Å²) in [4.78, 5) is 55.5. The first-order chi connectivity index (χ1) is 30.6. The Hall–Kier alpha value is -9.10. The topological polar surface area (TPSA) is 427 Å². The molecular weight excluding hydrogens is 880 g/mol. The Labute approximate surface area is 359 Å². The average Bonchev–Trinajstić information content (AvgIpc) is 3.27. The van der Waals surface area contributed by atoms with Crippen molar-refractivity contribution in [3.05, 3.63) is 70.8 Å². The number of benzene rings is 5. The smallest absolute Gasteiger partial charge is 0.339 e. The van der Waals surface area contributed by atoms with Gasteiger partial charge >= 0.3 is 23.9 Å². The molecule has 2 aliphatic rings. The molecule has 0 saturated carbocycles. The maximum Gasteiger partial charge on any atom is 0.339 e. The van der Waals surface area contributed by atoms with E-state index in [4.69, 9.17) is 28.4 Å². The van der Waals surface area contributed by atoms with Crippen molar-refractivity contribution in [1.29, 1.82) is 0 Å². The highest BCUT2D eigenvalue weighted by Crippen LogP contribution is 2.55. The second-order valence-corrected chi connectivity index (χ2v) is 13.9. The van der Waals surface area contributed by atoms with E-state index in [0.717, 1.165) is 12.1 Å². The monoisotopic (exact) mass is 910 g/mol. The largest absolute Gasteiger partial charge is 0.504 e.